The van der Waals surface area contributed by atoms with Crippen LogP contribution in [-0.2, 0) is 0 Å². The Morgan fingerprint density at radius 1 is 1.38 bits per heavy atom. The van der Waals surface area contributed by atoms with Gasteiger partial charge in [0.05, 0.1) is 5.52 Å². The summed E-state index contributed by atoms with van der Waals surface area (Å²) in [6, 6.07) is 7.04. The number of carbonyl (C=O) groups excluding carboxylic acids is 1. The molecule has 2 N–H and O–H groups in total. The second kappa shape index (κ2) is 2.62. The minimum absolute atomic E-state index is 0.480. The number of nitrogens with two attached hydrogens (primary N) is 1. The van der Waals surface area contributed by atoms with Crippen LogP contribution in [0.15, 0.2) is 30.5 Å². The van der Waals surface area contributed by atoms with Gasteiger partial charge in [-0.2, -0.15) is 0 Å². The molecule has 0 fully saturated rings. The molecule has 1 aromatic carbocycles. The van der Waals surface area contributed by atoms with Gasteiger partial charge in [0, 0.05) is 11.6 Å². The molecule has 2 aromatic rings. The largest absolute Gasteiger partial charge is 0.351 e. The molecule has 0 spiro atoms. The molecule has 1 heterocycles. The molecule has 0 aliphatic heterocycles. The molecule has 0 bridgehead atoms. The first kappa shape index (κ1) is 7.86. The number of carbonyl (C=O) groups is 1. The molecule has 1 amide bonds. The van der Waals surface area contributed by atoms with Crippen LogP contribution in [0.1, 0.15) is 5.56 Å². The Bertz CT molecular complexity index is 471. The molecule has 3 heteroatoms. The summed E-state index contributed by atoms with van der Waals surface area (Å²) >= 11 is 0. The summed E-state index contributed by atoms with van der Waals surface area (Å²) in [5, 5.41) is 0.960. The highest BCUT2D eigenvalue weighted by atomic mass is 16.2. The zero-order valence-electron chi connectivity index (χ0n) is 7.03. The summed E-state index contributed by atoms with van der Waals surface area (Å²) in [5.41, 5.74) is 6.81. The molecule has 1 radical (unpaired) electrons. The molecule has 1 aromatic heterocycles. The van der Waals surface area contributed by atoms with Gasteiger partial charge in [0.15, 0.2) is 0 Å². The lowest BCUT2D eigenvalue weighted by molar-refractivity contribution is 0.251. The van der Waals surface area contributed by atoms with Gasteiger partial charge in [-0.05, 0) is 18.6 Å². The normalized spacial score (nSPS) is 10.5. The molecule has 0 aliphatic carbocycles. The minimum atomic E-state index is -0.480. The fourth-order valence-electron chi connectivity index (χ4n) is 1.43. The molecule has 3 nitrogen and oxygen atoms in total. The van der Waals surface area contributed by atoms with Crippen LogP contribution in [-0.4, -0.2) is 10.6 Å². The third-order valence-corrected chi connectivity index (χ3v) is 2.03. The first-order valence-electron chi connectivity index (χ1n) is 3.92. The molecule has 0 unspecified atom stereocenters. The topological polar surface area (TPSA) is 48.0 Å². The summed E-state index contributed by atoms with van der Waals surface area (Å²) < 4.78 is 1.40. The van der Waals surface area contributed by atoms with Gasteiger partial charge in [0.1, 0.15) is 0 Å². The van der Waals surface area contributed by atoms with Crippen LogP contribution in [0.4, 0.5) is 4.79 Å². The highest BCUT2D eigenvalue weighted by molar-refractivity contribution is 5.93. The van der Waals surface area contributed by atoms with Crippen molar-refractivity contribution in [3.63, 3.8) is 0 Å². The number of para-hydroxylation sites is 1. The van der Waals surface area contributed by atoms with Crippen LogP contribution >= 0.6 is 0 Å². The highest BCUT2D eigenvalue weighted by Gasteiger charge is 2.06. The summed E-state index contributed by atoms with van der Waals surface area (Å²) in [4.78, 5) is 11.0. The molecular formula is C10H9N2O. The van der Waals surface area contributed by atoms with Crippen molar-refractivity contribution in [2.45, 2.75) is 0 Å². The van der Waals surface area contributed by atoms with Crippen LogP contribution in [0, 0.1) is 6.92 Å². The van der Waals surface area contributed by atoms with Crippen molar-refractivity contribution in [3.05, 3.63) is 42.9 Å². The molecule has 0 atom stereocenters. The monoisotopic (exact) mass is 173 g/mol. The van der Waals surface area contributed by atoms with Gasteiger partial charge < -0.3 is 5.73 Å². The first-order chi connectivity index (χ1) is 6.20. The van der Waals surface area contributed by atoms with E-state index in [1.165, 1.54) is 4.57 Å². The number of hydrogen-bond acceptors (Lipinski definition) is 1. The Hall–Kier alpha value is -1.77. The zero-order chi connectivity index (χ0) is 9.42. The molecule has 0 saturated heterocycles. The van der Waals surface area contributed by atoms with E-state index in [0.717, 1.165) is 16.5 Å². The molecule has 13 heavy (non-hydrogen) atoms. The number of primary amides is 1. The Morgan fingerprint density at radius 3 is 2.77 bits per heavy atom. The van der Waals surface area contributed by atoms with E-state index in [2.05, 4.69) is 6.92 Å². The number of amides is 1. The van der Waals surface area contributed by atoms with Crippen LogP contribution in [0.3, 0.4) is 0 Å². The lowest BCUT2D eigenvalue weighted by Crippen LogP contribution is -2.18. The maximum absolute atomic E-state index is 11.0. The van der Waals surface area contributed by atoms with E-state index in [1.807, 2.05) is 24.3 Å². The number of aromatic nitrogens is 1. The second-order valence-corrected chi connectivity index (χ2v) is 2.88. The van der Waals surface area contributed by atoms with Crippen molar-refractivity contribution in [2.24, 2.45) is 5.73 Å². The van der Waals surface area contributed by atoms with Crippen molar-refractivity contribution < 1.29 is 4.79 Å². The van der Waals surface area contributed by atoms with Gasteiger partial charge in [-0.25, -0.2) is 4.79 Å². The van der Waals surface area contributed by atoms with Gasteiger partial charge >= 0.3 is 6.03 Å². The van der Waals surface area contributed by atoms with E-state index in [-0.39, 0.29) is 0 Å². The number of hydrogen-bond donors (Lipinski definition) is 1. The van der Waals surface area contributed by atoms with Crippen LogP contribution in [0.2, 0.25) is 0 Å². The van der Waals surface area contributed by atoms with Crippen molar-refractivity contribution >= 4 is 16.9 Å². The molecular weight excluding hydrogens is 164 g/mol. The average Bonchev–Trinajstić information content (AvgIpc) is 2.45. The lowest BCUT2D eigenvalue weighted by atomic mass is 10.2. The number of nitrogens with zero attached hydrogens (tertiary/aromatic N) is 1. The quantitative estimate of drug-likeness (QED) is 0.648. The standard InChI is InChI=1S/C10H9N2O/c1-7-6-12(10(11)13)9-5-3-2-4-8(7)9/h2-6H,1H2,(H2,11,13). The van der Waals surface area contributed by atoms with Crippen LogP contribution < -0.4 is 5.73 Å². The second-order valence-electron chi connectivity index (χ2n) is 2.88. The van der Waals surface area contributed by atoms with E-state index in [4.69, 9.17) is 5.73 Å². The fraction of sp³-hybridized carbons (Fsp3) is 0. The summed E-state index contributed by atoms with van der Waals surface area (Å²) in [7, 11) is 0. The van der Waals surface area contributed by atoms with E-state index in [9.17, 15) is 4.79 Å². The summed E-state index contributed by atoms with van der Waals surface area (Å²) in [6.45, 7) is 3.82. The molecule has 0 saturated carbocycles. The van der Waals surface area contributed by atoms with Crippen molar-refractivity contribution in [2.75, 3.05) is 0 Å². The van der Waals surface area contributed by atoms with Crippen LogP contribution in [0.25, 0.3) is 10.9 Å². The summed E-state index contributed by atoms with van der Waals surface area (Å²) in [5.74, 6) is 0. The molecule has 2 rings (SSSR count). The number of rotatable bonds is 0. The Balaban J connectivity index is 2.85. The number of fused-ring (bicyclic) bond motifs is 1. The average molecular weight is 173 g/mol. The van der Waals surface area contributed by atoms with E-state index >= 15 is 0 Å². The molecule has 0 aliphatic rings. The Kier molecular flexibility index (Phi) is 1.59. The third-order valence-electron chi connectivity index (χ3n) is 2.03. The summed E-state index contributed by atoms with van der Waals surface area (Å²) in [6.07, 6.45) is 1.65. The smallest absolute Gasteiger partial charge is 0.323 e. The highest BCUT2D eigenvalue weighted by Crippen LogP contribution is 2.19. The first-order valence-corrected chi connectivity index (χ1v) is 3.92. The third kappa shape index (κ3) is 1.09. The van der Waals surface area contributed by atoms with Crippen molar-refractivity contribution in [3.8, 4) is 0 Å². The maximum Gasteiger partial charge on any atom is 0.323 e. The lowest BCUT2D eigenvalue weighted by Gasteiger charge is -1.96. The Morgan fingerprint density at radius 2 is 2.08 bits per heavy atom. The molecule has 65 valence electrons. The van der Waals surface area contributed by atoms with Gasteiger partial charge in [-0.15, -0.1) is 0 Å². The Labute approximate surface area is 75.8 Å². The number of benzene rings is 1. The van der Waals surface area contributed by atoms with Gasteiger partial charge in [0.25, 0.3) is 0 Å². The van der Waals surface area contributed by atoms with Crippen molar-refractivity contribution in [1.29, 1.82) is 0 Å². The minimum Gasteiger partial charge on any atom is -0.351 e. The van der Waals surface area contributed by atoms with Crippen molar-refractivity contribution in [1.82, 2.24) is 4.57 Å². The SMILES string of the molecule is [CH2]c1cn(C(N)=O)c2ccccc12. The predicted octanol–water partition coefficient (Wildman–Crippen LogP) is 1.75. The zero-order valence-corrected chi connectivity index (χ0v) is 7.03. The van der Waals surface area contributed by atoms with Gasteiger partial charge in [0.2, 0.25) is 0 Å². The van der Waals surface area contributed by atoms with E-state index in [1.54, 1.807) is 6.20 Å². The van der Waals surface area contributed by atoms with Gasteiger partial charge in [-0.1, -0.05) is 18.2 Å². The van der Waals surface area contributed by atoms with Crippen LogP contribution in [0.5, 0.6) is 0 Å². The predicted molar refractivity (Wildman–Crippen MR) is 51.4 cm³/mol. The fourth-order valence-corrected chi connectivity index (χ4v) is 1.43. The van der Waals surface area contributed by atoms with Gasteiger partial charge in [-0.3, -0.25) is 4.57 Å². The van der Waals surface area contributed by atoms with E-state index < -0.39 is 6.03 Å². The maximum atomic E-state index is 11.0. The van der Waals surface area contributed by atoms with E-state index in [0.29, 0.717) is 0 Å².